The Labute approximate surface area is 75.7 Å². The molecule has 12 heavy (non-hydrogen) atoms. The lowest BCUT2D eigenvalue weighted by Gasteiger charge is -1.72. The molecule has 8 N–H and O–H groups in total. The molecule has 10 heteroatoms. The molecule has 0 aromatic carbocycles. The molecule has 0 rings (SSSR count). The topological polar surface area (TPSA) is 203 Å². The van der Waals surface area contributed by atoms with E-state index in [-0.39, 0.29) is 12.3 Å². The maximum Gasteiger partial charge on any atom is 0.282 e. The van der Waals surface area contributed by atoms with Crippen molar-refractivity contribution in [3.05, 3.63) is 13.2 Å². The van der Waals surface area contributed by atoms with E-state index in [0.717, 1.165) is 0 Å². The van der Waals surface area contributed by atoms with Crippen LogP contribution in [0.15, 0.2) is 13.2 Å². The van der Waals surface area contributed by atoms with E-state index in [1.54, 1.807) is 0 Å². The van der Waals surface area contributed by atoms with E-state index in [1.807, 2.05) is 0 Å². The third kappa shape index (κ3) is 4210000000000000085619293213119479808. The lowest BCUT2D eigenvalue weighted by atomic mass is 11.3. The Morgan fingerprint density at radius 2 is 0.750 bits per heavy atom. The Morgan fingerprint density at radius 3 is 0.750 bits per heavy atom. The Bertz CT molecular complexity index is 45.3. The van der Waals surface area contributed by atoms with E-state index < -0.39 is 21.6 Å². The SMILES string of the molecule is C=C.N.N.[O-][Cl+2]([O-])O.[O-][Cl+2]([O-])O. The zero-order chi connectivity index (χ0) is 9.15. The van der Waals surface area contributed by atoms with Gasteiger partial charge in [-0.25, -0.2) is 0 Å². The summed E-state index contributed by atoms with van der Waals surface area (Å²) in [6.07, 6.45) is 0. The van der Waals surface area contributed by atoms with Crippen LogP contribution in [-0.2, 0) is 0 Å². The van der Waals surface area contributed by atoms with Crippen molar-refractivity contribution < 1.29 is 49.5 Å². The fourth-order valence-corrected chi connectivity index (χ4v) is 0. The van der Waals surface area contributed by atoms with E-state index in [9.17, 15) is 0 Å². The van der Waals surface area contributed by atoms with Gasteiger partial charge in [-0.3, -0.25) is 0 Å². The first-order valence-corrected chi connectivity index (χ1v) is 3.37. The summed E-state index contributed by atoms with van der Waals surface area (Å²) < 4.78 is 47.9. The minimum atomic E-state index is -2.60. The summed E-state index contributed by atoms with van der Waals surface area (Å²) >= 11 is 0. The largest absolute Gasteiger partial charge is 0.344 e. The smallest absolute Gasteiger partial charge is 0.282 e. The maximum atomic E-state index is 8.52. The van der Waals surface area contributed by atoms with Crippen LogP contribution in [0.5, 0.6) is 0 Å². The minimum Gasteiger partial charge on any atom is -0.344 e. The van der Waals surface area contributed by atoms with Gasteiger partial charge in [0.05, 0.1) is 0 Å². The van der Waals surface area contributed by atoms with Crippen LogP contribution in [0.2, 0.25) is 0 Å². The van der Waals surface area contributed by atoms with Gasteiger partial charge in [0.1, 0.15) is 0 Å². The standard InChI is InChI=1S/C2H4.2ClHO3.2H3N/c1-2;2*2-1(3)4;;/h1-2H2;2*2H;2*1H3. The summed E-state index contributed by atoms with van der Waals surface area (Å²) in [6.45, 7) is 6.00. The molecule has 0 unspecified atom stereocenters. The molecule has 0 radical (unpaired) electrons. The Hall–Kier alpha value is -0.0000000000000000139. The third-order valence-electron chi connectivity index (χ3n) is 0. The first-order valence-electron chi connectivity index (χ1n) is 1.46. The van der Waals surface area contributed by atoms with E-state index >= 15 is 0 Å². The van der Waals surface area contributed by atoms with Gasteiger partial charge in [0.25, 0.3) is 21.6 Å². The van der Waals surface area contributed by atoms with Crippen LogP contribution in [0, 0.1) is 21.6 Å². The molecule has 8 nitrogen and oxygen atoms in total. The molecular weight excluding hydrogens is 219 g/mol. The van der Waals surface area contributed by atoms with Crippen molar-refractivity contribution >= 4 is 0 Å². The van der Waals surface area contributed by atoms with Crippen molar-refractivity contribution in [1.82, 2.24) is 12.3 Å². The molecule has 0 aliphatic rings. The Kier molecular flexibility index (Phi) is 75.5. The number of hydrogen-bond donors (Lipinski definition) is 4. The molecule has 0 bridgehead atoms. The first-order chi connectivity index (χ1) is 4.46. The van der Waals surface area contributed by atoms with E-state index in [0.29, 0.717) is 0 Å². The van der Waals surface area contributed by atoms with Crippen molar-refractivity contribution in [3.63, 3.8) is 0 Å². The van der Waals surface area contributed by atoms with Crippen LogP contribution in [0.25, 0.3) is 0 Å². The molecule has 0 saturated carbocycles. The fourth-order valence-electron chi connectivity index (χ4n) is 0. The lowest BCUT2D eigenvalue weighted by Crippen LogP contribution is -2.30. The van der Waals surface area contributed by atoms with Crippen LogP contribution in [0.1, 0.15) is 0 Å². The van der Waals surface area contributed by atoms with E-state index in [1.165, 1.54) is 0 Å². The van der Waals surface area contributed by atoms with Gasteiger partial charge >= 0.3 is 0 Å². The maximum absolute atomic E-state index is 8.52. The molecule has 0 fully saturated rings. The highest BCUT2D eigenvalue weighted by atomic mass is 35.6. The predicted molar refractivity (Wildman–Crippen MR) is 25.7 cm³/mol. The fraction of sp³-hybridized carbons (Fsp3) is 0. The van der Waals surface area contributed by atoms with Crippen molar-refractivity contribution in [1.29, 1.82) is 0 Å². The third-order valence-corrected chi connectivity index (χ3v) is 0. The average molecular weight is 231 g/mol. The molecule has 0 heterocycles. The second-order valence-electron chi connectivity index (χ2n) is 0.402. The van der Waals surface area contributed by atoms with Crippen molar-refractivity contribution in [2.24, 2.45) is 0 Å². The van der Waals surface area contributed by atoms with Crippen LogP contribution in [0.4, 0.5) is 0 Å². The second-order valence-corrected chi connectivity index (χ2v) is 1.21. The summed E-state index contributed by atoms with van der Waals surface area (Å²) in [7, 11) is -5.20. The van der Waals surface area contributed by atoms with Gasteiger partial charge in [-0.15, -0.1) is 13.2 Å². The van der Waals surface area contributed by atoms with Crippen molar-refractivity contribution in [3.8, 4) is 0 Å². The number of halogens is 2. The molecule has 0 amide bonds. The molecule has 0 aromatic rings. The summed E-state index contributed by atoms with van der Waals surface area (Å²) in [5.74, 6) is 0. The molecule has 0 spiro atoms. The molecular formula is C2H12Cl2N2O6. The summed E-state index contributed by atoms with van der Waals surface area (Å²) in [5.41, 5.74) is 0. The van der Waals surface area contributed by atoms with Gasteiger partial charge < -0.3 is 30.9 Å². The van der Waals surface area contributed by atoms with Gasteiger partial charge in [-0.1, -0.05) is 0 Å². The average Bonchev–Trinajstić information content (AvgIpc) is 1.66. The van der Waals surface area contributed by atoms with Gasteiger partial charge in [0, 0.05) is 9.32 Å². The van der Waals surface area contributed by atoms with Crippen LogP contribution < -0.4 is 30.9 Å². The minimum absolute atomic E-state index is 0. The van der Waals surface area contributed by atoms with Crippen LogP contribution >= 0.6 is 0 Å². The molecule has 0 saturated heterocycles. The zero-order valence-electron chi connectivity index (χ0n) is 6.11. The summed E-state index contributed by atoms with van der Waals surface area (Å²) in [6, 6.07) is 0. The molecule has 0 aromatic heterocycles. The van der Waals surface area contributed by atoms with Crippen molar-refractivity contribution in [2.45, 2.75) is 0 Å². The van der Waals surface area contributed by atoms with Gasteiger partial charge in [0.15, 0.2) is 0 Å². The highest BCUT2D eigenvalue weighted by Gasteiger charge is 1.79. The summed E-state index contributed by atoms with van der Waals surface area (Å²) in [5, 5.41) is 0. The van der Waals surface area contributed by atoms with Gasteiger partial charge in [-0.05, 0) is 0 Å². The monoisotopic (exact) mass is 230 g/mol. The number of rotatable bonds is 0. The van der Waals surface area contributed by atoms with Gasteiger partial charge in [0.2, 0.25) is 0 Å². The Balaban J connectivity index is -0.0000000198. The van der Waals surface area contributed by atoms with Crippen LogP contribution in [-0.4, -0.2) is 9.32 Å². The van der Waals surface area contributed by atoms with Crippen LogP contribution in [0.3, 0.4) is 0 Å². The van der Waals surface area contributed by atoms with Gasteiger partial charge in [-0.2, -0.15) is 0 Å². The number of hydrogen-bond acceptors (Lipinski definition) is 8. The molecule has 0 aliphatic heterocycles. The van der Waals surface area contributed by atoms with Crippen molar-refractivity contribution in [2.75, 3.05) is 0 Å². The van der Waals surface area contributed by atoms with E-state index in [2.05, 4.69) is 13.2 Å². The first kappa shape index (κ1) is 29.6. The van der Waals surface area contributed by atoms with E-state index in [4.69, 9.17) is 28.0 Å². The lowest BCUT2D eigenvalue weighted by molar-refractivity contribution is -1.63. The second kappa shape index (κ2) is 30.6. The normalized spacial score (nSPS) is 6.33. The quantitative estimate of drug-likeness (QED) is 0.297. The predicted octanol–water partition coefficient (Wildman–Crippen LogP) is -4.74. The highest BCUT2D eigenvalue weighted by molar-refractivity contribution is 4.22. The summed E-state index contributed by atoms with van der Waals surface area (Å²) in [4.78, 5) is 0. The molecule has 0 atom stereocenters. The zero-order valence-corrected chi connectivity index (χ0v) is 7.62. The molecule has 80 valence electrons. The Morgan fingerprint density at radius 1 is 0.750 bits per heavy atom. The highest BCUT2D eigenvalue weighted by Crippen LogP contribution is 1.38. The molecule has 0 aliphatic carbocycles.